The molecule has 124 valence electrons. The number of hydrogen-bond acceptors (Lipinski definition) is 3. The lowest BCUT2D eigenvalue weighted by Crippen LogP contribution is -2.27. The maximum Gasteiger partial charge on any atom is 0.222 e. The van der Waals surface area contributed by atoms with Crippen LogP contribution in [-0.2, 0) is 22.7 Å². The lowest BCUT2D eigenvalue weighted by molar-refractivity contribution is -0.121. The van der Waals surface area contributed by atoms with Crippen molar-refractivity contribution >= 4 is 18.3 Å². The third-order valence-electron chi connectivity index (χ3n) is 3.43. The highest BCUT2D eigenvalue weighted by Crippen LogP contribution is 2.13. The summed E-state index contributed by atoms with van der Waals surface area (Å²) >= 11 is 0. The molecule has 0 radical (unpaired) electrons. The van der Waals surface area contributed by atoms with Gasteiger partial charge in [0.1, 0.15) is 0 Å². The SMILES string of the molecule is COCc1cccc(CNC(=O)CC(N)c2ccccc2)c1.Cl. The third kappa shape index (κ3) is 6.40. The Morgan fingerprint density at radius 1 is 1.13 bits per heavy atom. The van der Waals surface area contributed by atoms with Gasteiger partial charge in [0, 0.05) is 26.1 Å². The molecule has 0 aliphatic heterocycles. The van der Waals surface area contributed by atoms with Gasteiger partial charge in [-0.2, -0.15) is 0 Å². The predicted octanol–water partition coefficient (Wildman–Crippen LogP) is 2.96. The van der Waals surface area contributed by atoms with Gasteiger partial charge >= 0.3 is 0 Å². The molecule has 2 rings (SSSR count). The van der Waals surface area contributed by atoms with Gasteiger partial charge < -0.3 is 15.8 Å². The molecule has 2 aromatic rings. The van der Waals surface area contributed by atoms with Gasteiger partial charge in [0.05, 0.1) is 6.61 Å². The summed E-state index contributed by atoms with van der Waals surface area (Å²) < 4.78 is 5.11. The zero-order valence-electron chi connectivity index (χ0n) is 13.2. The van der Waals surface area contributed by atoms with Gasteiger partial charge in [0.15, 0.2) is 0 Å². The van der Waals surface area contributed by atoms with Crippen LogP contribution in [0.4, 0.5) is 0 Å². The van der Waals surface area contributed by atoms with E-state index in [0.717, 1.165) is 16.7 Å². The fourth-order valence-electron chi connectivity index (χ4n) is 2.29. The molecule has 1 unspecified atom stereocenters. The van der Waals surface area contributed by atoms with Gasteiger partial charge in [0.2, 0.25) is 5.91 Å². The number of rotatable bonds is 7. The van der Waals surface area contributed by atoms with Crippen molar-refractivity contribution in [2.75, 3.05) is 7.11 Å². The van der Waals surface area contributed by atoms with Crippen molar-refractivity contribution < 1.29 is 9.53 Å². The van der Waals surface area contributed by atoms with E-state index in [1.165, 1.54) is 0 Å². The molecule has 0 saturated carbocycles. The Hall–Kier alpha value is -1.88. The first-order valence-electron chi connectivity index (χ1n) is 7.33. The first-order valence-corrected chi connectivity index (χ1v) is 7.33. The summed E-state index contributed by atoms with van der Waals surface area (Å²) in [5.41, 5.74) is 9.17. The number of methoxy groups -OCH3 is 1. The summed E-state index contributed by atoms with van der Waals surface area (Å²) in [4.78, 5) is 12.0. The lowest BCUT2D eigenvalue weighted by Gasteiger charge is -2.12. The van der Waals surface area contributed by atoms with Crippen molar-refractivity contribution in [2.24, 2.45) is 5.73 Å². The van der Waals surface area contributed by atoms with E-state index >= 15 is 0 Å². The summed E-state index contributed by atoms with van der Waals surface area (Å²) in [5, 5.41) is 2.91. The van der Waals surface area contributed by atoms with Crippen LogP contribution >= 0.6 is 12.4 Å². The summed E-state index contributed by atoms with van der Waals surface area (Å²) in [6.45, 7) is 1.07. The van der Waals surface area contributed by atoms with Gasteiger partial charge in [0.25, 0.3) is 0 Å². The molecule has 0 aliphatic carbocycles. The summed E-state index contributed by atoms with van der Waals surface area (Å²) in [5.74, 6) is -0.0477. The number of nitrogens with two attached hydrogens (primary N) is 1. The topological polar surface area (TPSA) is 64.3 Å². The average Bonchev–Trinajstić information content (AvgIpc) is 2.54. The molecule has 0 heterocycles. The van der Waals surface area contributed by atoms with Crippen LogP contribution in [0.15, 0.2) is 54.6 Å². The fraction of sp³-hybridized carbons (Fsp3) is 0.278. The number of hydrogen-bond donors (Lipinski definition) is 2. The molecular weight excluding hydrogens is 312 g/mol. The molecule has 0 fully saturated rings. The fourth-order valence-corrected chi connectivity index (χ4v) is 2.29. The number of amides is 1. The van der Waals surface area contributed by atoms with Crippen LogP contribution in [0, 0.1) is 0 Å². The third-order valence-corrected chi connectivity index (χ3v) is 3.43. The van der Waals surface area contributed by atoms with E-state index in [1.807, 2.05) is 54.6 Å². The molecule has 0 spiro atoms. The van der Waals surface area contributed by atoms with Crippen LogP contribution in [-0.4, -0.2) is 13.0 Å². The van der Waals surface area contributed by atoms with Crippen molar-refractivity contribution in [2.45, 2.75) is 25.6 Å². The zero-order chi connectivity index (χ0) is 15.8. The Morgan fingerprint density at radius 2 is 1.83 bits per heavy atom. The second-order valence-corrected chi connectivity index (χ2v) is 5.25. The molecule has 4 nitrogen and oxygen atoms in total. The number of carbonyl (C=O) groups excluding carboxylic acids is 1. The van der Waals surface area contributed by atoms with Gasteiger partial charge in [-0.1, -0.05) is 54.6 Å². The number of nitrogens with one attached hydrogen (secondary N) is 1. The highest BCUT2D eigenvalue weighted by Gasteiger charge is 2.11. The number of ether oxygens (including phenoxy) is 1. The normalized spacial score (nSPS) is 11.4. The molecule has 2 aromatic carbocycles. The lowest BCUT2D eigenvalue weighted by atomic mass is 10.0. The minimum Gasteiger partial charge on any atom is -0.380 e. The van der Waals surface area contributed by atoms with Crippen LogP contribution in [0.25, 0.3) is 0 Å². The molecule has 23 heavy (non-hydrogen) atoms. The van der Waals surface area contributed by atoms with Gasteiger partial charge in [-0.3, -0.25) is 4.79 Å². The van der Waals surface area contributed by atoms with Crippen LogP contribution in [0.1, 0.15) is 29.2 Å². The average molecular weight is 335 g/mol. The molecule has 1 amide bonds. The molecule has 1 atom stereocenters. The number of carbonyl (C=O) groups is 1. The number of benzene rings is 2. The summed E-state index contributed by atoms with van der Waals surface area (Å²) in [7, 11) is 1.67. The second-order valence-electron chi connectivity index (χ2n) is 5.25. The van der Waals surface area contributed by atoms with Crippen LogP contribution in [0.2, 0.25) is 0 Å². The van der Waals surface area contributed by atoms with E-state index in [2.05, 4.69) is 5.32 Å². The highest BCUT2D eigenvalue weighted by atomic mass is 35.5. The smallest absolute Gasteiger partial charge is 0.222 e. The van der Waals surface area contributed by atoms with E-state index < -0.39 is 0 Å². The maximum absolute atomic E-state index is 12.0. The Kier molecular flexibility index (Phi) is 8.33. The second kappa shape index (κ2) is 10.0. The monoisotopic (exact) mass is 334 g/mol. The summed E-state index contributed by atoms with van der Waals surface area (Å²) in [6.07, 6.45) is 0.280. The molecule has 5 heteroatoms. The Balaban J connectivity index is 0.00000264. The van der Waals surface area contributed by atoms with Crippen molar-refractivity contribution in [3.8, 4) is 0 Å². The van der Waals surface area contributed by atoms with E-state index in [9.17, 15) is 4.79 Å². The molecule has 0 aliphatic rings. The minimum absolute atomic E-state index is 0. The van der Waals surface area contributed by atoms with Gasteiger partial charge in [-0.05, 0) is 16.7 Å². The summed E-state index contributed by atoms with van der Waals surface area (Å²) in [6, 6.07) is 17.4. The van der Waals surface area contributed by atoms with Crippen molar-refractivity contribution in [1.82, 2.24) is 5.32 Å². The van der Waals surface area contributed by atoms with E-state index in [1.54, 1.807) is 7.11 Å². The van der Waals surface area contributed by atoms with Crippen molar-refractivity contribution in [1.29, 1.82) is 0 Å². The first-order chi connectivity index (χ1) is 10.7. The minimum atomic E-state index is -0.277. The maximum atomic E-state index is 12.0. The molecule has 3 N–H and O–H groups in total. The highest BCUT2D eigenvalue weighted by molar-refractivity contribution is 5.85. The Bertz CT molecular complexity index is 605. The zero-order valence-corrected chi connectivity index (χ0v) is 14.0. The van der Waals surface area contributed by atoms with Crippen LogP contribution in [0.5, 0.6) is 0 Å². The largest absolute Gasteiger partial charge is 0.380 e. The predicted molar refractivity (Wildman–Crippen MR) is 94.2 cm³/mol. The van der Waals surface area contributed by atoms with Crippen LogP contribution < -0.4 is 11.1 Å². The molecular formula is C18H23ClN2O2. The van der Waals surface area contributed by atoms with E-state index in [0.29, 0.717) is 13.2 Å². The Morgan fingerprint density at radius 3 is 2.52 bits per heavy atom. The van der Waals surface area contributed by atoms with Gasteiger partial charge in [-0.25, -0.2) is 0 Å². The van der Waals surface area contributed by atoms with Crippen molar-refractivity contribution in [3.05, 3.63) is 71.3 Å². The molecule has 0 saturated heterocycles. The Labute approximate surface area is 143 Å². The number of halogens is 1. The van der Waals surface area contributed by atoms with Crippen LogP contribution in [0.3, 0.4) is 0 Å². The van der Waals surface area contributed by atoms with E-state index in [-0.39, 0.29) is 30.8 Å². The standard InChI is InChI=1S/C18H22N2O2.ClH/c1-22-13-15-7-5-6-14(10-15)12-20-18(21)11-17(19)16-8-3-2-4-9-16;/h2-10,17H,11-13,19H2,1H3,(H,20,21);1H. The first kappa shape index (κ1) is 19.2. The molecule has 0 bridgehead atoms. The van der Waals surface area contributed by atoms with E-state index in [4.69, 9.17) is 10.5 Å². The van der Waals surface area contributed by atoms with Gasteiger partial charge in [-0.15, -0.1) is 12.4 Å². The molecule has 0 aromatic heterocycles. The van der Waals surface area contributed by atoms with Crippen molar-refractivity contribution in [3.63, 3.8) is 0 Å². The quantitative estimate of drug-likeness (QED) is 0.818.